The molecule has 0 saturated carbocycles. The van der Waals surface area contributed by atoms with E-state index in [0.29, 0.717) is 22.0 Å². The number of rotatable bonds is 3. The zero-order chi connectivity index (χ0) is 21.0. The second kappa shape index (κ2) is 6.85. The molecule has 0 fully saturated rings. The molecule has 1 N–H and O–H groups in total. The fourth-order valence-corrected chi connectivity index (χ4v) is 4.89. The van der Waals surface area contributed by atoms with E-state index in [1.54, 1.807) is 24.3 Å². The van der Waals surface area contributed by atoms with E-state index in [1.807, 2.05) is 24.3 Å². The molecule has 1 amide bonds. The van der Waals surface area contributed by atoms with Gasteiger partial charge in [0.1, 0.15) is 11.1 Å². The zero-order valence-electron chi connectivity index (χ0n) is 15.1. The van der Waals surface area contributed by atoms with Crippen molar-refractivity contribution in [2.45, 2.75) is 0 Å². The number of para-hydroxylation sites is 1. The molecule has 148 valence electrons. The Balaban J connectivity index is 1.73. The average molecular weight is 483 g/mol. The molecule has 0 atom stereocenters. The van der Waals surface area contributed by atoms with E-state index in [2.05, 4.69) is 26.0 Å². The van der Waals surface area contributed by atoms with Crippen LogP contribution in [0.5, 0.6) is 0 Å². The standard InChI is InChI=1S/C20H11BrN4O4S/c21-12-7-3-1-5-10(12)17-22-20-25(23-17)19(29)16(30-20)15-11-6-2-4-8-13(11)24(18(15)28)9-14(26)27/h1-8H,9H2,(H,26,27)/b16-15-. The molecule has 1 aliphatic heterocycles. The first-order valence-corrected chi connectivity index (χ1v) is 10.4. The van der Waals surface area contributed by atoms with Gasteiger partial charge >= 0.3 is 5.97 Å². The number of benzene rings is 2. The van der Waals surface area contributed by atoms with Crippen molar-refractivity contribution < 1.29 is 14.7 Å². The number of carbonyl (C=O) groups is 2. The predicted octanol–water partition coefficient (Wildman–Crippen LogP) is 1.93. The Hall–Kier alpha value is -3.37. The van der Waals surface area contributed by atoms with Crippen molar-refractivity contribution in [2.75, 3.05) is 11.4 Å². The molecule has 3 heterocycles. The molecule has 1 aliphatic rings. The molecule has 10 heteroatoms. The molecule has 2 aromatic heterocycles. The third-order valence-electron chi connectivity index (χ3n) is 4.72. The van der Waals surface area contributed by atoms with Gasteiger partial charge in [-0.3, -0.25) is 19.3 Å². The van der Waals surface area contributed by atoms with E-state index < -0.39 is 24.0 Å². The lowest BCUT2D eigenvalue weighted by atomic mass is 10.1. The number of amides is 1. The van der Waals surface area contributed by atoms with Crippen LogP contribution in [0.15, 0.2) is 57.8 Å². The lowest BCUT2D eigenvalue weighted by Crippen LogP contribution is -2.35. The van der Waals surface area contributed by atoms with Crippen molar-refractivity contribution in [1.29, 1.82) is 0 Å². The monoisotopic (exact) mass is 482 g/mol. The summed E-state index contributed by atoms with van der Waals surface area (Å²) in [4.78, 5) is 43.3. The first-order valence-electron chi connectivity index (χ1n) is 8.77. The van der Waals surface area contributed by atoms with Gasteiger partial charge in [0.2, 0.25) is 4.96 Å². The summed E-state index contributed by atoms with van der Waals surface area (Å²) < 4.78 is 2.17. The number of fused-ring (bicyclic) bond motifs is 2. The number of hydrogen-bond acceptors (Lipinski definition) is 6. The summed E-state index contributed by atoms with van der Waals surface area (Å²) in [7, 11) is 0. The zero-order valence-corrected chi connectivity index (χ0v) is 17.5. The maximum absolute atomic E-state index is 13.1. The third-order valence-corrected chi connectivity index (χ3v) is 6.44. The van der Waals surface area contributed by atoms with Gasteiger partial charge in [0, 0.05) is 15.6 Å². The topological polar surface area (TPSA) is 105 Å². The molecule has 8 nitrogen and oxygen atoms in total. The average Bonchev–Trinajstić information content (AvgIpc) is 3.34. The molecule has 0 unspecified atom stereocenters. The maximum atomic E-state index is 13.1. The van der Waals surface area contributed by atoms with Crippen molar-refractivity contribution in [1.82, 2.24) is 14.6 Å². The predicted molar refractivity (Wildman–Crippen MR) is 114 cm³/mol. The third kappa shape index (κ3) is 2.76. The summed E-state index contributed by atoms with van der Waals surface area (Å²) in [5, 5.41) is 13.5. The molecule has 4 aromatic rings. The summed E-state index contributed by atoms with van der Waals surface area (Å²) in [5.74, 6) is -1.26. The number of thiazole rings is 1. The number of anilines is 1. The highest BCUT2D eigenvalue weighted by Gasteiger charge is 2.35. The molecule has 0 aliphatic carbocycles. The number of aliphatic carboxylic acids is 1. The lowest BCUT2D eigenvalue weighted by molar-refractivity contribution is -0.136. The number of carboxylic acids is 1. The van der Waals surface area contributed by atoms with Crippen molar-refractivity contribution in [3.63, 3.8) is 0 Å². The summed E-state index contributed by atoms with van der Waals surface area (Å²) in [6.07, 6.45) is 0. The van der Waals surface area contributed by atoms with Crippen molar-refractivity contribution in [3.8, 4) is 11.4 Å². The van der Waals surface area contributed by atoms with Gasteiger partial charge in [0.15, 0.2) is 5.82 Å². The second-order valence-corrected chi connectivity index (χ2v) is 8.36. The number of halogens is 1. The molecule has 0 spiro atoms. The van der Waals surface area contributed by atoms with E-state index in [4.69, 9.17) is 0 Å². The SMILES string of the molecule is O=C(O)CN1C(=O)/C(=c2\sc3nc(-c4ccccc4Br)nn3c2=O)c2ccccc21. The molecular weight excluding hydrogens is 472 g/mol. The first-order chi connectivity index (χ1) is 14.5. The van der Waals surface area contributed by atoms with Gasteiger partial charge < -0.3 is 5.11 Å². The summed E-state index contributed by atoms with van der Waals surface area (Å²) in [6.45, 7) is -0.486. The van der Waals surface area contributed by atoms with Crippen LogP contribution >= 0.6 is 27.3 Å². The number of hydrogen-bond donors (Lipinski definition) is 1. The Labute approximate surface area is 180 Å². The fraction of sp³-hybridized carbons (Fsp3) is 0.0500. The Morgan fingerprint density at radius 2 is 1.77 bits per heavy atom. The molecule has 0 saturated heterocycles. The molecule has 0 radical (unpaired) electrons. The van der Waals surface area contributed by atoms with Gasteiger partial charge in [-0.05, 0) is 18.2 Å². The van der Waals surface area contributed by atoms with Gasteiger partial charge in [0.05, 0.1) is 11.3 Å². The van der Waals surface area contributed by atoms with Gasteiger partial charge in [-0.2, -0.15) is 9.50 Å². The van der Waals surface area contributed by atoms with Crippen LogP contribution in [-0.2, 0) is 9.59 Å². The van der Waals surface area contributed by atoms with E-state index in [0.717, 1.165) is 26.3 Å². The highest BCUT2D eigenvalue weighted by Crippen LogP contribution is 2.35. The van der Waals surface area contributed by atoms with Crippen LogP contribution in [0, 0.1) is 0 Å². The van der Waals surface area contributed by atoms with Crippen LogP contribution in [-0.4, -0.2) is 38.1 Å². The minimum absolute atomic E-state index is 0.177. The second-order valence-electron chi connectivity index (χ2n) is 6.52. The van der Waals surface area contributed by atoms with Crippen LogP contribution in [0.4, 0.5) is 5.69 Å². The van der Waals surface area contributed by atoms with E-state index in [9.17, 15) is 19.5 Å². The highest BCUT2D eigenvalue weighted by atomic mass is 79.9. The molecule has 5 rings (SSSR count). The number of aromatic nitrogens is 3. The van der Waals surface area contributed by atoms with Crippen LogP contribution < -0.4 is 15.0 Å². The maximum Gasteiger partial charge on any atom is 0.323 e. The normalized spacial score (nSPS) is 15.1. The van der Waals surface area contributed by atoms with Crippen LogP contribution in [0.2, 0.25) is 0 Å². The minimum Gasteiger partial charge on any atom is -0.480 e. The Bertz CT molecular complexity index is 1480. The molecular formula is C20H11BrN4O4S. The quantitative estimate of drug-likeness (QED) is 0.478. The summed E-state index contributed by atoms with van der Waals surface area (Å²) in [5.41, 5.74) is 1.45. The van der Waals surface area contributed by atoms with Crippen LogP contribution in [0.1, 0.15) is 5.56 Å². The summed E-state index contributed by atoms with van der Waals surface area (Å²) >= 11 is 4.51. The number of carbonyl (C=O) groups excluding carboxylic acids is 1. The van der Waals surface area contributed by atoms with Crippen LogP contribution in [0.3, 0.4) is 0 Å². The van der Waals surface area contributed by atoms with E-state index in [1.165, 1.54) is 4.52 Å². The van der Waals surface area contributed by atoms with Gasteiger partial charge in [-0.25, -0.2) is 0 Å². The molecule has 30 heavy (non-hydrogen) atoms. The molecule has 2 aromatic carbocycles. The number of nitrogens with zero attached hydrogens (tertiary/aromatic N) is 4. The smallest absolute Gasteiger partial charge is 0.323 e. The van der Waals surface area contributed by atoms with E-state index >= 15 is 0 Å². The number of carboxylic acid groups (broad SMARTS) is 1. The van der Waals surface area contributed by atoms with Gasteiger partial charge in [-0.1, -0.05) is 57.6 Å². The minimum atomic E-state index is -1.14. The lowest BCUT2D eigenvalue weighted by Gasteiger charge is -2.13. The Morgan fingerprint density at radius 1 is 1.07 bits per heavy atom. The molecule has 0 bridgehead atoms. The highest BCUT2D eigenvalue weighted by molar-refractivity contribution is 9.10. The van der Waals surface area contributed by atoms with E-state index in [-0.39, 0.29) is 10.1 Å². The summed E-state index contributed by atoms with van der Waals surface area (Å²) in [6, 6.07) is 14.2. The van der Waals surface area contributed by atoms with Crippen molar-refractivity contribution in [3.05, 3.63) is 73.5 Å². The fourth-order valence-electron chi connectivity index (χ4n) is 3.43. The largest absolute Gasteiger partial charge is 0.480 e. The van der Waals surface area contributed by atoms with Crippen molar-refractivity contribution in [2.24, 2.45) is 0 Å². The first kappa shape index (κ1) is 18.6. The Morgan fingerprint density at radius 3 is 2.47 bits per heavy atom. The van der Waals surface area contributed by atoms with Crippen LogP contribution in [0.25, 0.3) is 21.9 Å². The Kier molecular flexibility index (Phi) is 4.26. The van der Waals surface area contributed by atoms with Gasteiger partial charge in [-0.15, -0.1) is 5.10 Å². The van der Waals surface area contributed by atoms with Gasteiger partial charge in [0.25, 0.3) is 11.5 Å². The van der Waals surface area contributed by atoms with Crippen molar-refractivity contribution >= 4 is 55.4 Å².